The van der Waals surface area contributed by atoms with Crippen LogP contribution in [-0.2, 0) is 43.0 Å². The molecule has 1 N–H and O–H groups in total. The number of aromatic nitrogens is 1. The second kappa shape index (κ2) is 9.81. The Morgan fingerprint density at radius 1 is 1.28 bits per heavy atom. The van der Waals surface area contributed by atoms with Gasteiger partial charge in [-0.25, -0.2) is 4.79 Å². The number of hydrogen-bond donors (Lipinski definition) is 1. The molecule has 3 atom stereocenters. The maximum absolute atomic E-state index is 13.9. The predicted molar refractivity (Wildman–Crippen MR) is 123 cm³/mol. The Hall–Kier alpha value is -2.41. The van der Waals surface area contributed by atoms with Gasteiger partial charge in [-0.05, 0) is 58.6 Å². The molecule has 0 aromatic carbocycles. The molecule has 1 aromatic heterocycles. The monoisotopic (exact) mass is 535 g/mol. The molecular weight excluding hydrogens is 503 g/mol. The summed E-state index contributed by atoms with van der Waals surface area (Å²) in [6.07, 6.45) is -3.70. The first-order chi connectivity index (χ1) is 16.4. The number of ether oxygens (including phenoxy) is 1. The summed E-state index contributed by atoms with van der Waals surface area (Å²) in [5.74, 6) is -0.435. The van der Waals surface area contributed by atoms with Gasteiger partial charge in [0, 0.05) is 37.4 Å². The summed E-state index contributed by atoms with van der Waals surface area (Å²) in [5.41, 5.74) is -2.17. The molecule has 2 amide bonds. The zero-order valence-corrected chi connectivity index (χ0v) is 21.8. The van der Waals surface area contributed by atoms with Crippen molar-refractivity contribution in [3.05, 3.63) is 29.1 Å². The molecule has 202 valence electrons. The maximum Gasteiger partial charge on any atom is 0.417 e. The van der Waals surface area contributed by atoms with Crippen molar-refractivity contribution < 1.29 is 40.1 Å². The molecule has 0 bridgehead atoms. The Morgan fingerprint density at radius 2 is 1.94 bits per heavy atom. The minimum Gasteiger partial charge on any atom is -0.444 e. The van der Waals surface area contributed by atoms with Crippen molar-refractivity contribution in [2.45, 2.75) is 83.8 Å². The Labute approximate surface area is 208 Å². The molecule has 1 aliphatic heterocycles. The first-order valence-corrected chi connectivity index (χ1v) is 13.4. The van der Waals surface area contributed by atoms with Crippen LogP contribution < -0.4 is 5.32 Å². The van der Waals surface area contributed by atoms with Gasteiger partial charge in [0.25, 0.3) is 10.1 Å². The van der Waals surface area contributed by atoms with E-state index in [1.54, 1.807) is 20.8 Å². The third kappa shape index (κ3) is 6.67. The highest BCUT2D eigenvalue weighted by molar-refractivity contribution is 7.86. The van der Waals surface area contributed by atoms with Crippen LogP contribution in [0.2, 0.25) is 0 Å². The van der Waals surface area contributed by atoms with Crippen LogP contribution in [0.5, 0.6) is 0 Å². The van der Waals surface area contributed by atoms with Gasteiger partial charge < -0.3 is 15.0 Å². The maximum atomic E-state index is 13.9. The number of alkyl carbamates (subject to hydrolysis) is 1. The SMILES string of the molecule is CC(OS(C)(=O)=O)C1(C(=O)N2CCc3ncc(C(F)(F)F)cc3C2)CCC(NC(=O)OC(C)(C)C)C1. The van der Waals surface area contributed by atoms with Crippen LogP contribution in [0.4, 0.5) is 18.0 Å². The molecule has 0 radical (unpaired) electrons. The quantitative estimate of drug-likeness (QED) is 0.575. The molecule has 1 fully saturated rings. The highest BCUT2D eigenvalue weighted by Gasteiger charge is 2.53. The Balaban J connectivity index is 1.86. The van der Waals surface area contributed by atoms with E-state index in [9.17, 15) is 31.2 Å². The number of pyridine rings is 1. The van der Waals surface area contributed by atoms with E-state index >= 15 is 0 Å². The largest absolute Gasteiger partial charge is 0.444 e. The number of nitrogens with one attached hydrogen (secondary N) is 1. The second-order valence-corrected chi connectivity index (χ2v) is 12.1. The Kier molecular flexibility index (Phi) is 7.67. The first-order valence-electron chi connectivity index (χ1n) is 11.6. The van der Waals surface area contributed by atoms with Crippen LogP contribution in [0.1, 0.15) is 63.8 Å². The molecule has 2 heterocycles. The van der Waals surface area contributed by atoms with Crippen LogP contribution in [0.3, 0.4) is 0 Å². The van der Waals surface area contributed by atoms with Crippen molar-refractivity contribution in [1.29, 1.82) is 0 Å². The fourth-order valence-corrected chi connectivity index (χ4v) is 5.54. The van der Waals surface area contributed by atoms with Crippen molar-refractivity contribution in [3.63, 3.8) is 0 Å². The molecule has 0 spiro atoms. The van der Waals surface area contributed by atoms with E-state index in [1.165, 1.54) is 11.8 Å². The number of amides is 2. The minimum absolute atomic E-state index is 0.0892. The predicted octanol–water partition coefficient (Wildman–Crippen LogP) is 3.41. The zero-order chi connectivity index (χ0) is 27.1. The lowest BCUT2D eigenvalue weighted by molar-refractivity contribution is -0.148. The number of halogens is 3. The van der Waals surface area contributed by atoms with E-state index < -0.39 is 57.0 Å². The minimum atomic E-state index is -4.57. The molecule has 36 heavy (non-hydrogen) atoms. The van der Waals surface area contributed by atoms with Crippen molar-refractivity contribution in [3.8, 4) is 0 Å². The molecule has 1 aliphatic carbocycles. The van der Waals surface area contributed by atoms with Gasteiger partial charge in [-0.15, -0.1) is 0 Å². The molecule has 1 saturated carbocycles. The van der Waals surface area contributed by atoms with Crippen molar-refractivity contribution in [2.75, 3.05) is 12.8 Å². The van der Waals surface area contributed by atoms with E-state index in [4.69, 9.17) is 8.92 Å². The van der Waals surface area contributed by atoms with Crippen molar-refractivity contribution >= 4 is 22.1 Å². The fraction of sp³-hybridized carbons (Fsp3) is 0.696. The summed E-state index contributed by atoms with van der Waals surface area (Å²) in [7, 11) is -3.92. The molecule has 13 heteroatoms. The lowest BCUT2D eigenvalue weighted by Gasteiger charge is -2.39. The average Bonchev–Trinajstić information content (AvgIpc) is 3.14. The van der Waals surface area contributed by atoms with Gasteiger partial charge in [-0.1, -0.05) is 0 Å². The van der Waals surface area contributed by atoms with E-state index in [1.807, 2.05) is 0 Å². The van der Waals surface area contributed by atoms with Crippen molar-refractivity contribution in [2.24, 2.45) is 5.41 Å². The third-order valence-corrected chi connectivity index (χ3v) is 7.09. The molecular formula is C23H32F3N3O6S. The topological polar surface area (TPSA) is 115 Å². The summed E-state index contributed by atoms with van der Waals surface area (Å²) < 4.78 is 73.9. The second-order valence-electron chi connectivity index (χ2n) is 10.5. The first kappa shape index (κ1) is 28.2. The highest BCUT2D eigenvalue weighted by atomic mass is 32.2. The molecule has 1 aromatic rings. The molecule has 2 aliphatic rings. The number of rotatable bonds is 5. The van der Waals surface area contributed by atoms with Crippen LogP contribution in [0, 0.1) is 5.41 Å². The smallest absolute Gasteiger partial charge is 0.417 e. The summed E-state index contributed by atoms with van der Waals surface area (Å²) in [5, 5.41) is 2.73. The van der Waals surface area contributed by atoms with E-state index in [0.29, 0.717) is 12.1 Å². The van der Waals surface area contributed by atoms with Crippen LogP contribution >= 0.6 is 0 Å². The zero-order valence-electron chi connectivity index (χ0n) is 20.9. The van der Waals surface area contributed by atoms with Gasteiger partial charge in [0.15, 0.2) is 0 Å². The third-order valence-electron chi connectivity index (χ3n) is 6.45. The number of carbonyl (C=O) groups excluding carboxylic acids is 2. The number of hydrogen-bond acceptors (Lipinski definition) is 7. The van der Waals surface area contributed by atoms with Gasteiger partial charge in [0.2, 0.25) is 5.91 Å². The van der Waals surface area contributed by atoms with Gasteiger partial charge in [-0.2, -0.15) is 21.6 Å². The van der Waals surface area contributed by atoms with Crippen LogP contribution in [-0.4, -0.2) is 60.8 Å². The molecule has 3 rings (SSSR count). The lowest BCUT2D eigenvalue weighted by atomic mass is 9.78. The molecule has 0 saturated heterocycles. The Morgan fingerprint density at radius 3 is 2.53 bits per heavy atom. The highest BCUT2D eigenvalue weighted by Crippen LogP contribution is 2.45. The van der Waals surface area contributed by atoms with Gasteiger partial charge in [0.05, 0.1) is 23.3 Å². The Bertz CT molecular complexity index is 1120. The normalized spacial score (nSPS) is 23.7. The van der Waals surface area contributed by atoms with Crippen LogP contribution in [0.15, 0.2) is 12.3 Å². The number of nitrogens with zero attached hydrogens (tertiary/aromatic N) is 2. The van der Waals surface area contributed by atoms with Gasteiger partial charge in [0.1, 0.15) is 5.60 Å². The van der Waals surface area contributed by atoms with Gasteiger partial charge >= 0.3 is 12.3 Å². The lowest BCUT2D eigenvalue weighted by Crippen LogP contribution is -2.51. The molecule has 3 unspecified atom stereocenters. The van der Waals surface area contributed by atoms with Crippen LogP contribution in [0.25, 0.3) is 0 Å². The standard InChI is InChI=1S/C23H32F3N3O6S/c1-14(35-36(5,32)33)22(8-6-17(11-22)28-20(31)34-21(2,3)4)19(30)29-9-7-18-15(13-29)10-16(12-27-18)23(24,25)26/h10,12,14,17H,6-9,11,13H2,1-5H3,(H,28,31). The summed E-state index contributed by atoms with van der Waals surface area (Å²) in [6.45, 7) is 6.74. The summed E-state index contributed by atoms with van der Waals surface area (Å²) >= 11 is 0. The number of fused-ring (bicyclic) bond motifs is 1. The number of alkyl halides is 3. The van der Waals surface area contributed by atoms with E-state index in [0.717, 1.165) is 18.5 Å². The van der Waals surface area contributed by atoms with E-state index in [2.05, 4.69) is 10.3 Å². The average molecular weight is 536 g/mol. The summed E-state index contributed by atoms with van der Waals surface area (Å²) in [4.78, 5) is 31.5. The van der Waals surface area contributed by atoms with Gasteiger partial charge in [-0.3, -0.25) is 14.0 Å². The molecule has 9 nitrogen and oxygen atoms in total. The van der Waals surface area contributed by atoms with Crippen molar-refractivity contribution in [1.82, 2.24) is 15.2 Å². The fourth-order valence-electron chi connectivity index (χ4n) is 4.83. The number of carbonyl (C=O) groups is 2. The van der Waals surface area contributed by atoms with E-state index in [-0.39, 0.29) is 37.9 Å². The summed E-state index contributed by atoms with van der Waals surface area (Å²) in [6, 6.07) is 0.511.